The monoisotopic (exact) mass is 499 g/mol. The van der Waals surface area contributed by atoms with E-state index in [0.717, 1.165) is 12.8 Å². The molecule has 1 aliphatic carbocycles. The predicted molar refractivity (Wildman–Crippen MR) is 123 cm³/mol. The van der Waals surface area contributed by atoms with Crippen LogP contribution in [0.25, 0.3) is 22.3 Å². The van der Waals surface area contributed by atoms with Crippen molar-refractivity contribution in [3.8, 4) is 11.3 Å². The van der Waals surface area contributed by atoms with E-state index in [1.54, 1.807) is 10.7 Å². The summed E-state index contributed by atoms with van der Waals surface area (Å²) < 4.78 is 47.6. The van der Waals surface area contributed by atoms with Crippen molar-refractivity contribution in [2.75, 3.05) is 29.5 Å². The third-order valence-electron chi connectivity index (χ3n) is 5.99. The highest BCUT2D eigenvalue weighted by Crippen LogP contribution is 2.40. The van der Waals surface area contributed by atoms with Gasteiger partial charge in [-0.05, 0) is 25.0 Å². The van der Waals surface area contributed by atoms with E-state index in [0.29, 0.717) is 28.0 Å². The Hall–Kier alpha value is -4.20. The molecule has 2 amide bonds. The Morgan fingerprint density at radius 3 is 2.72 bits per heavy atom. The van der Waals surface area contributed by atoms with E-state index in [4.69, 9.17) is 10.3 Å². The first-order valence-electron chi connectivity index (χ1n) is 11.2. The first-order chi connectivity index (χ1) is 17.3. The number of nitrogens with zero attached hydrogens (tertiary/aromatic N) is 6. The van der Waals surface area contributed by atoms with E-state index >= 15 is 0 Å². The van der Waals surface area contributed by atoms with Gasteiger partial charge in [0, 0.05) is 18.2 Å². The average Bonchev–Trinajstić information content (AvgIpc) is 3.43. The fourth-order valence-electron chi connectivity index (χ4n) is 4.19. The molecular weight excluding hydrogens is 479 g/mol. The number of fused-ring (bicyclic) bond motifs is 1. The lowest BCUT2D eigenvalue weighted by atomic mass is 10.1. The first-order valence-corrected chi connectivity index (χ1v) is 11.2. The summed E-state index contributed by atoms with van der Waals surface area (Å²) in [6.45, 7) is -0.539. The quantitative estimate of drug-likeness (QED) is 0.365. The average molecular weight is 499 g/mol. The Balaban J connectivity index is 1.15. The third-order valence-corrected chi connectivity index (χ3v) is 5.99. The van der Waals surface area contributed by atoms with Gasteiger partial charge in [0.2, 0.25) is 5.88 Å². The summed E-state index contributed by atoms with van der Waals surface area (Å²) in [5, 5.41) is 13.7. The van der Waals surface area contributed by atoms with Crippen molar-refractivity contribution in [3.05, 3.63) is 42.1 Å². The minimum atomic E-state index is -2.69. The molecule has 0 spiro atoms. The third kappa shape index (κ3) is 4.19. The number of aromatic nitrogens is 5. The van der Waals surface area contributed by atoms with E-state index in [1.165, 1.54) is 29.4 Å². The van der Waals surface area contributed by atoms with E-state index in [9.17, 15) is 18.0 Å². The fraction of sp³-hybridized carbons (Fsp3) is 0.318. The number of hydrogen-bond donors (Lipinski definition) is 3. The minimum Gasteiger partial charge on any atom is -0.383 e. The van der Waals surface area contributed by atoms with Crippen LogP contribution in [-0.4, -0.2) is 54.8 Å². The molecular formula is C22H20F3N9O2. The van der Waals surface area contributed by atoms with Crippen LogP contribution in [0.2, 0.25) is 0 Å². The topological polar surface area (TPSA) is 140 Å². The summed E-state index contributed by atoms with van der Waals surface area (Å²) in [6, 6.07) is 5.15. The molecule has 0 radical (unpaired) electrons. The number of alkyl halides is 2. The lowest BCUT2D eigenvalue weighted by Gasteiger charge is -2.37. The fourth-order valence-corrected chi connectivity index (χ4v) is 4.19. The van der Waals surface area contributed by atoms with Gasteiger partial charge in [0.05, 0.1) is 35.9 Å². The van der Waals surface area contributed by atoms with Gasteiger partial charge < -0.3 is 15.6 Å². The van der Waals surface area contributed by atoms with Gasteiger partial charge in [-0.1, -0.05) is 11.2 Å². The number of nitrogen functional groups attached to an aromatic ring is 1. The van der Waals surface area contributed by atoms with Crippen LogP contribution in [0.3, 0.4) is 0 Å². The molecule has 1 saturated heterocycles. The number of nitrogens with one attached hydrogen (secondary N) is 2. The number of anilines is 3. The lowest BCUT2D eigenvalue weighted by Crippen LogP contribution is -2.55. The summed E-state index contributed by atoms with van der Waals surface area (Å²) in [5.41, 5.74) is 7.90. The van der Waals surface area contributed by atoms with Crippen molar-refractivity contribution in [1.29, 1.82) is 0 Å². The molecule has 186 valence electrons. The van der Waals surface area contributed by atoms with Crippen LogP contribution in [0, 0.1) is 5.82 Å². The second kappa shape index (κ2) is 8.19. The largest absolute Gasteiger partial charge is 0.383 e. The molecule has 4 N–H and O–H groups in total. The zero-order valence-electron chi connectivity index (χ0n) is 18.7. The number of urea groups is 1. The smallest absolute Gasteiger partial charge is 0.326 e. The van der Waals surface area contributed by atoms with Crippen LogP contribution < -0.4 is 16.4 Å². The number of nitrogens with two attached hydrogens (primary N) is 1. The van der Waals surface area contributed by atoms with Gasteiger partial charge in [-0.15, -0.1) is 0 Å². The lowest BCUT2D eigenvalue weighted by molar-refractivity contribution is -0.134. The first kappa shape index (κ1) is 22.3. The Bertz CT molecular complexity index is 1470. The van der Waals surface area contributed by atoms with Gasteiger partial charge in [0.25, 0.3) is 5.92 Å². The highest BCUT2D eigenvalue weighted by Gasteiger charge is 2.43. The molecule has 6 rings (SSSR count). The van der Waals surface area contributed by atoms with E-state index in [-0.39, 0.29) is 43.1 Å². The molecule has 36 heavy (non-hydrogen) atoms. The zero-order chi connectivity index (χ0) is 25.0. The Morgan fingerprint density at radius 1 is 1.19 bits per heavy atom. The maximum atomic E-state index is 14.9. The van der Waals surface area contributed by atoms with E-state index < -0.39 is 17.8 Å². The van der Waals surface area contributed by atoms with Crippen molar-refractivity contribution in [1.82, 2.24) is 29.8 Å². The van der Waals surface area contributed by atoms with Gasteiger partial charge in [0.1, 0.15) is 23.7 Å². The highest BCUT2D eigenvalue weighted by atomic mass is 19.3. The summed E-state index contributed by atoms with van der Waals surface area (Å²) >= 11 is 0. The summed E-state index contributed by atoms with van der Waals surface area (Å²) in [6.07, 6.45) is 3.33. The van der Waals surface area contributed by atoms with Gasteiger partial charge in [-0.2, -0.15) is 5.10 Å². The predicted octanol–water partition coefficient (Wildman–Crippen LogP) is 3.63. The second-order valence-electron chi connectivity index (χ2n) is 8.94. The molecule has 3 aromatic heterocycles. The van der Waals surface area contributed by atoms with Gasteiger partial charge >= 0.3 is 6.03 Å². The summed E-state index contributed by atoms with van der Waals surface area (Å²) in [5.74, 6) is -3.13. The molecule has 4 heterocycles. The van der Waals surface area contributed by atoms with Gasteiger partial charge in [-0.3, -0.25) is 10.2 Å². The molecule has 2 aliphatic rings. The van der Waals surface area contributed by atoms with E-state index in [1.807, 2.05) is 0 Å². The number of likely N-dealkylation sites (tertiary alicyclic amines) is 1. The van der Waals surface area contributed by atoms with Crippen LogP contribution in [0.1, 0.15) is 24.6 Å². The number of carbonyl (C=O) groups excluding carboxylic acids is 1. The van der Waals surface area contributed by atoms with Crippen LogP contribution in [-0.2, 0) is 6.54 Å². The maximum Gasteiger partial charge on any atom is 0.326 e. The molecule has 11 nitrogen and oxygen atoms in total. The zero-order valence-corrected chi connectivity index (χ0v) is 18.7. The standard InChI is InChI=1S/C22H20F3N9O2/c23-14-5-11(18-17-19(26)27-10-28-20(17)34(31-18)13-2-3-13)1-4-15(14)29-21(35)30-16-6-12(32-36-16)7-33-8-22(24,25)9-33/h1,4-6,10,13H,2-3,7-9H2,(H2,26,27,28)(H2,29,30,35). The molecule has 0 bridgehead atoms. The highest BCUT2D eigenvalue weighted by molar-refractivity contribution is 6.00. The van der Waals surface area contributed by atoms with Gasteiger partial charge in [0.15, 0.2) is 5.65 Å². The molecule has 14 heteroatoms. The number of amides is 2. The van der Waals surface area contributed by atoms with Crippen LogP contribution in [0.15, 0.2) is 35.1 Å². The Morgan fingerprint density at radius 2 is 2.00 bits per heavy atom. The minimum absolute atomic E-state index is 0.000581. The van der Waals surface area contributed by atoms with E-state index in [2.05, 4.69) is 30.9 Å². The number of benzene rings is 1. The molecule has 1 aliphatic heterocycles. The maximum absolute atomic E-state index is 14.9. The van der Waals surface area contributed by atoms with Crippen LogP contribution in [0.5, 0.6) is 0 Å². The van der Waals surface area contributed by atoms with Crippen LogP contribution in [0.4, 0.5) is 35.4 Å². The van der Waals surface area contributed by atoms with Crippen molar-refractivity contribution in [2.45, 2.75) is 31.4 Å². The molecule has 1 aromatic carbocycles. The second-order valence-corrected chi connectivity index (χ2v) is 8.94. The molecule has 4 aromatic rings. The van der Waals surface area contributed by atoms with Gasteiger partial charge in [-0.25, -0.2) is 32.6 Å². The van der Waals surface area contributed by atoms with Crippen molar-refractivity contribution in [2.24, 2.45) is 0 Å². The molecule has 0 atom stereocenters. The van der Waals surface area contributed by atoms with Crippen molar-refractivity contribution >= 4 is 34.5 Å². The number of halogens is 3. The number of rotatable bonds is 6. The molecule has 2 fully saturated rings. The van der Waals surface area contributed by atoms with Crippen molar-refractivity contribution in [3.63, 3.8) is 0 Å². The van der Waals surface area contributed by atoms with Crippen molar-refractivity contribution < 1.29 is 22.5 Å². The number of hydrogen-bond acceptors (Lipinski definition) is 8. The molecule has 1 saturated carbocycles. The number of carbonyl (C=O) groups is 1. The summed E-state index contributed by atoms with van der Waals surface area (Å²) in [4.78, 5) is 22.2. The molecule has 0 unspecified atom stereocenters. The SMILES string of the molecule is Nc1ncnc2c1c(-c1ccc(NC(=O)Nc3cc(CN4CC(F)(F)C4)no3)c(F)c1)nn2C1CC1. The Labute approximate surface area is 201 Å². The van der Waals surface area contributed by atoms with Crippen LogP contribution >= 0.6 is 0 Å². The Kier molecular flexibility index (Phi) is 5.07. The summed E-state index contributed by atoms with van der Waals surface area (Å²) in [7, 11) is 0. The normalized spacial score (nSPS) is 17.2.